The average Bonchev–Trinajstić information content (AvgIpc) is 2.19. The Morgan fingerprint density at radius 1 is 1.31 bits per heavy atom. The summed E-state index contributed by atoms with van der Waals surface area (Å²) in [6.07, 6.45) is 1.52. The van der Waals surface area contributed by atoms with Gasteiger partial charge in [0.1, 0.15) is 0 Å². The van der Waals surface area contributed by atoms with Crippen molar-refractivity contribution in [1.82, 2.24) is 0 Å². The normalized spacial score (nSPS) is 12.0. The highest BCUT2D eigenvalue weighted by atomic mass is 16.3. The number of unbranched alkanes of at least 4 members (excludes halogenated alkanes) is 1. The molecule has 2 nitrogen and oxygen atoms in total. The van der Waals surface area contributed by atoms with Crippen molar-refractivity contribution in [3.63, 3.8) is 0 Å². The molecular formula is C11H13NO. The van der Waals surface area contributed by atoms with Crippen LogP contribution in [0.3, 0.4) is 0 Å². The molecule has 0 aliphatic rings. The molecule has 0 heterocycles. The summed E-state index contributed by atoms with van der Waals surface area (Å²) in [5.74, 6) is 0. The molecule has 0 amide bonds. The van der Waals surface area contributed by atoms with Gasteiger partial charge in [0.2, 0.25) is 0 Å². The van der Waals surface area contributed by atoms with Gasteiger partial charge in [-0.2, -0.15) is 5.26 Å². The Kier molecular flexibility index (Phi) is 4.01. The number of aliphatic hydroxyl groups excluding tert-OH is 1. The highest BCUT2D eigenvalue weighted by Crippen LogP contribution is 2.17. The fourth-order valence-corrected chi connectivity index (χ4v) is 1.22. The number of hydrogen-bond donors (Lipinski definition) is 1. The summed E-state index contributed by atoms with van der Waals surface area (Å²) in [4.78, 5) is 0. The molecule has 1 N–H and O–H groups in total. The molecule has 0 saturated carbocycles. The smallest absolute Gasteiger partial charge is 0.0790 e. The fourth-order valence-electron chi connectivity index (χ4n) is 1.22. The van der Waals surface area contributed by atoms with Gasteiger partial charge in [0.15, 0.2) is 0 Å². The highest BCUT2D eigenvalue weighted by Gasteiger charge is 2.05. The maximum Gasteiger partial charge on any atom is 0.0790 e. The molecule has 0 spiro atoms. The highest BCUT2D eigenvalue weighted by molar-refractivity contribution is 5.17. The molecule has 0 aliphatic carbocycles. The first-order valence-corrected chi connectivity index (χ1v) is 4.44. The van der Waals surface area contributed by atoms with Crippen molar-refractivity contribution in [3.8, 4) is 6.07 Å². The molecule has 13 heavy (non-hydrogen) atoms. The molecule has 1 atom stereocenters. The molecule has 0 bridgehead atoms. The van der Waals surface area contributed by atoms with Crippen LogP contribution >= 0.6 is 0 Å². The van der Waals surface area contributed by atoms with E-state index in [1.807, 2.05) is 30.3 Å². The average molecular weight is 175 g/mol. The van der Waals surface area contributed by atoms with Gasteiger partial charge >= 0.3 is 0 Å². The van der Waals surface area contributed by atoms with Crippen LogP contribution in [-0.4, -0.2) is 5.11 Å². The van der Waals surface area contributed by atoms with Gasteiger partial charge in [-0.1, -0.05) is 30.3 Å². The van der Waals surface area contributed by atoms with Crippen molar-refractivity contribution in [3.05, 3.63) is 35.9 Å². The molecule has 1 aromatic rings. The van der Waals surface area contributed by atoms with E-state index in [2.05, 4.69) is 6.07 Å². The maximum atomic E-state index is 9.64. The molecule has 0 radical (unpaired) electrons. The summed E-state index contributed by atoms with van der Waals surface area (Å²) in [5, 5.41) is 18.0. The minimum absolute atomic E-state index is 0.422. The zero-order chi connectivity index (χ0) is 9.52. The molecule has 1 unspecified atom stereocenters. The second kappa shape index (κ2) is 5.34. The second-order valence-electron chi connectivity index (χ2n) is 2.98. The SMILES string of the molecule is N#CCCCC(O)c1ccccc1. The molecule has 0 saturated heterocycles. The number of benzene rings is 1. The summed E-state index contributed by atoms with van der Waals surface area (Å²) < 4.78 is 0. The van der Waals surface area contributed by atoms with Crippen LogP contribution in [0, 0.1) is 11.3 Å². The third kappa shape index (κ3) is 3.27. The van der Waals surface area contributed by atoms with Gasteiger partial charge in [-0.25, -0.2) is 0 Å². The van der Waals surface area contributed by atoms with Crippen LogP contribution in [-0.2, 0) is 0 Å². The van der Waals surface area contributed by atoms with Crippen LogP contribution in [0.4, 0.5) is 0 Å². The van der Waals surface area contributed by atoms with E-state index >= 15 is 0 Å². The lowest BCUT2D eigenvalue weighted by atomic mass is 10.0. The summed E-state index contributed by atoms with van der Waals surface area (Å²) in [6, 6.07) is 11.6. The standard InChI is InChI=1S/C11H13NO/c12-9-5-4-8-11(13)10-6-2-1-3-7-10/h1-3,6-7,11,13H,4-5,8H2. The third-order valence-corrected chi connectivity index (χ3v) is 1.95. The molecule has 0 fully saturated rings. The quantitative estimate of drug-likeness (QED) is 0.714. The van der Waals surface area contributed by atoms with Crippen LogP contribution in [0.2, 0.25) is 0 Å². The van der Waals surface area contributed by atoms with Gasteiger partial charge < -0.3 is 5.11 Å². The maximum absolute atomic E-state index is 9.64. The molecule has 0 aromatic heterocycles. The fraction of sp³-hybridized carbons (Fsp3) is 0.364. The van der Waals surface area contributed by atoms with E-state index in [9.17, 15) is 5.11 Å². The van der Waals surface area contributed by atoms with Crippen molar-refractivity contribution in [2.24, 2.45) is 0 Å². The Hall–Kier alpha value is -1.33. The number of nitriles is 1. The number of nitrogens with zero attached hydrogens (tertiary/aromatic N) is 1. The van der Waals surface area contributed by atoms with E-state index < -0.39 is 6.10 Å². The lowest BCUT2D eigenvalue weighted by Gasteiger charge is -2.08. The third-order valence-electron chi connectivity index (χ3n) is 1.95. The summed E-state index contributed by atoms with van der Waals surface area (Å²) >= 11 is 0. The van der Waals surface area contributed by atoms with Crippen LogP contribution in [0.5, 0.6) is 0 Å². The van der Waals surface area contributed by atoms with Crippen molar-refractivity contribution < 1.29 is 5.11 Å². The summed E-state index contributed by atoms with van der Waals surface area (Å²) in [5.41, 5.74) is 0.931. The molecular weight excluding hydrogens is 162 g/mol. The first-order chi connectivity index (χ1) is 6.34. The Labute approximate surface area is 78.4 Å². The van der Waals surface area contributed by atoms with Crippen LogP contribution in [0.15, 0.2) is 30.3 Å². The Morgan fingerprint density at radius 3 is 2.62 bits per heavy atom. The lowest BCUT2D eigenvalue weighted by Crippen LogP contribution is -1.96. The molecule has 2 heteroatoms. The monoisotopic (exact) mass is 175 g/mol. The number of rotatable bonds is 4. The predicted molar refractivity (Wildman–Crippen MR) is 50.9 cm³/mol. The molecule has 68 valence electrons. The summed E-state index contributed by atoms with van der Waals surface area (Å²) in [6.45, 7) is 0. The van der Waals surface area contributed by atoms with Gasteiger partial charge in [-0.05, 0) is 18.4 Å². The van der Waals surface area contributed by atoms with E-state index in [4.69, 9.17) is 5.26 Å². The van der Waals surface area contributed by atoms with Crippen molar-refractivity contribution in [2.45, 2.75) is 25.4 Å². The Morgan fingerprint density at radius 2 is 2.00 bits per heavy atom. The van der Waals surface area contributed by atoms with Crippen LogP contribution in [0.1, 0.15) is 30.9 Å². The minimum Gasteiger partial charge on any atom is -0.388 e. The van der Waals surface area contributed by atoms with Gasteiger partial charge in [0.05, 0.1) is 12.2 Å². The van der Waals surface area contributed by atoms with E-state index in [1.54, 1.807) is 0 Å². The second-order valence-corrected chi connectivity index (χ2v) is 2.98. The van der Waals surface area contributed by atoms with E-state index in [-0.39, 0.29) is 0 Å². The van der Waals surface area contributed by atoms with E-state index in [0.717, 1.165) is 12.0 Å². The first kappa shape index (κ1) is 9.76. The van der Waals surface area contributed by atoms with E-state index in [1.165, 1.54) is 0 Å². The molecule has 1 aromatic carbocycles. The van der Waals surface area contributed by atoms with Crippen LogP contribution in [0.25, 0.3) is 0 Å². The van der Waals surface area contributed by atoms with Crippen LogP contribution < -0.4 is 0 Å². The van der Waals surface area contributed by atoms with Crippen molar-refractivity contribution in [2.75, 3.05) is 0 Å². The van der Waals surface area contributed by atoms with Gasteiger partial charge in [0.25, 0.3) is 0 Å². The van der Waals surface area contributed by atoms with Gasteiger partial charge in [-0.3, -0.25) is 0 Å². The zero-order valence-corrected chi connectivity index (χ0v) is 7.48. The number of aliphatic hydroxyl groups is 1. The zero-order valence-electron chi connectivity index (χ0n) is 7.48. The largest absolute Gasteiger partial charge is 0.388 e. The molecule has 1 rings (SSSR count). The van der Waals surface area contributed by atoms with Crippen molar-refractivity contribution in [1.29, 1.82) is 5.26 Å². The minimum atomic E-state index is -0.422. The summed E-state index contributed by atoms with van der Waals surface area (Å²) in [7, 11) is 0. The van der Waals surface area contributed by atoms with Gasteiger partial charge in [0, 0.05) is 6.42 Å². The van der Waals surface area contributed by atoms with Crippen molar-refractivity contribution >= 4 is 0 Å². The topological polar surface area (TPSA) is 44.0 Å². The predicted octanol–water partition coefficient (Wildman–Crippen LogP) is 2.41. The first-order valence-electron chi connectivity index (χ1n) is 4.44. The van der Waals surface area contributed by atoms with E-state index in [0.29, 0.717) is 12.8 Å². The Bertz CT molecular complexity index is 276. The Balaban J connectivity index is 2.41. The number of hydrogen-bond acceptors (Lipinski definition) is 2. The van der Waals surface area contributed by atoms with Gasteiger partial charge in [-0.15, -0.1) is 0 Å². The molecule has 0 aliphatic heterocycles. The lowest BCUT2D eigenvalue weighted by molar-refractivity contribution is 0.165.